The Kier molecular flexibility index (Phi) is 4.08. The molecule has 1 aliphatic rings. The molecule has 0 unspecified atom stereocenters. The van der Waals surface area contributed by atoms with Crippen LogP contribution in [-0.4, -0.2) is 29.0 Å². The van der Waals surface area contributed by atoms with E-state index in [4.69, 9.17) is 9.47 Å². The van der Waals surface area contributed by atoms with Crippen LogP contribution in [0, 0.1) is 0 Å². The molecule has 0 saturated carbocycles. The standard InChI is InChI=1S/C20H19N3O3/c1-3-23(15-7-5-4-6-8-15)20(24)16-12-17(22(2)21-16)14-9-10-18-19(11-14)26-13-25-18/h4-12H,3,13H2,1-2H3. The molecule has 0 bridgehead atoms. The van der Waals surface area contributed by atoms with Gasteiger partial charge in [-0.15, -0.1) is 0 Å². The van der Waals surface area contributed by atoms with Crippen molar-refractivity contribution in [3.8, 4) is 22.8 Å². The highest BCUT2D eigenvalue weighted by Gasteiger charge is 2.21. The summed E-state index contributed by atoms with van der Waals surface area (Å²) in [4.78, 5) is 14.7. The summed E-state index contributed by atoms with van der Waals surface area (Å²) in [7, 11) is 1.83. The van der Waals surface area contributed by atoms with Gasteiger partial charge in [0.1, 0.15) is 0 Å². The van der Waals surface area contributed by atoms with E-state index < -0.39 is 0 Å². The first kappa shape index (κ1) is 16.2. The van der Waals surface area contributed by atoms with Crippen molar-refractivity contribution in [1.82, 2.24) is 9.78 Å². The number of carbonyl (C=O) groups is 1. The number of nitrogens with zero attached hydrogens (tertiary/aromatic N) is 3. The van der Waals surface area contributed by atoms with Gasteiger partial charge in [0.25, 0.3) is 5.91 Å². The maximum atomic E-state index is 13.0. The Bertz CT molecular complexity index is 950. The Morgan fingerprint density at radius 2 is 1.88 bits per heavy atom. The summed E-state index contributed by atoms with van der Waals surface area (Å²) in [6.07, 6.45) is 0. The highest BCUT2D eigenvalue weighted by Crippen LogP contribution is 2.36. The average molecular weight is 349 g/mol. The van der Waals surface area contributed by atoms with Crippen LogP contribution in [0.3, 0.4) is 0 Å². The third-order valence-corrected chi connectivity index (χ3v) is 4.40. The van der Waals surface area contributed by atoms with Crippen molar-refractivity contribution in [2.45, 2.75) is 6.92 Å². The SMILES string of the molecule is CCN(C(=O)c1cc(-c2ccc3c(c2)OCO3)n(C)n1)c1ccccc1. The second-order valence-electron chi connectivity index (χ2n) is 5.99. The molecule has 2 aromatic carbocycles. The third kappa shape index (κ3) is 2.79. The lowest BCUT2D eigenvalue weighted by atomic mass is 10.1. The van der Waals surface area contributed by atoms with Crippen LogP contribution in [0.15, 0.2) is 54.6 Å². The minimum atomic E-state index is -0.124. The van der Waals surface area contributed by atoms with E-state index in [9.17, 15) is 4.79 Å². The van der Waals surface area contributed by atoms with Gasteiger partial charge in [0.2, 0.25) is 6.79 Å². The van der Waals surface area contributed by atoms with Gasteiger partial charge < -0.3 is 14.4 Å². The van der Waals surface area contributed by atoms with E-state index in [1.54, 1.807) is 9.58 Å². The number of ether oxygens (including phenoxy) is 2. The lowest BCUT2D eigenvalue weighted by molar-refractivity contribution is 0.0983. The van der Waals surface area contributed by atoms with E-state index in [1.807, 2.05) is 68.6 Å². The number of hydrogen-bond acceptors (Lipinski definition) is 4. The van der Waals surface area contributed by atoms with Crippen LogP contribution in [0.4, 0.5) is 5.69 Å². The summed E-state index contributed by atoms with van der Waals surface area (Å²) in [5, 5.41) is 4.43. The number of para-hydroxylation sites is 1. The molecule has 6 nitrogen and oxygen atoms in total. The maximum absolute atomic E-state index is 13.0. The number of hydrogen-bond donors (Lipinski definition) is 0. The van der Waals surface area contributed by atoms with Crippen molar-refractivity contribution in [2.24, 2.45) is 7.05 Å². The van der Waals surface area contributed by atoms with Gasteiger partial charge in [-0.2, -0.15) is 5.10 Å². The number of anilines is 1. The minimum Gasteiger partial charge on any atom is -0.454 e. The monoisotopic (exact) mass is 349 g/mol. The largest absolute Gasteiger partial charge is 0.454 e. The molecule has 0 atom stereocenters. The number of benzene rings is 2. The fourth-order valence-corrected chi connectivity index (χ4v) is 3.09. The molecule has 2 heterocycles. The van der Waals surface area contributed by atoms with Gasteiger partial charge in [-0.05, 0) is 43.3 Å². The van der Waals surface area contributed by atoms with Gasteiger partial charge in [0.05, 0.1) is 5.69 Å². The Morgan fingerprint density at radius 1 is 1.12 bits per heavy atom. The fraction of sp³-hybridized carbons (Fsp3) is 0.200. The van der Waals surface area contributed by atoms with Crippen molar-refractivity contribution >= 4 is 11.6 Å². The molecule has 132 valence electrons. The van der Waals surface area contributed by atoms with Crippen LogP contribution < -0.4 is 14.4 Å². The second-order valence-corrected chi connectivity index (χ2v) is 5.99. The van der Waals surface area contributed by atoms with Crippen molar-refractivity contribution in [1.29, 1.82) is 0 Å². The minimum absolute atomic E-state index is 0.124. The zero-order valence-electron chi connectivity index (χ0n) is 14.7. The highest BCUT2D eigenvalue weighted by atomic mass is 16.7. The Balaban J connectivity index is 1.67. The first-order valence-corrected chi connectivity index (χ1v) is 8.48. The lowest BCUT2D eigenvalue weighted by Gasteiger charge is -2.19. The zero-order valence-corrected chi connectivity index (χ0v) is 14.7. The Hall–Kier alpha value is -3.28. The van der Waals surface area contributed by atoms with Crippen LogP contribution in [0.25, 0.3) is 11.3 Å². The smallest absolute Gasteiger partial charge is 0.278 e. The summed E-state index contributed by atoms with van der Waals surface area (Å²) in [6, 6.07) is 17.1. The molecule has 0 N–H and O–H groups in total. The number of carbonyl (C=O) groups excluding carboxylic acids is 1. The molecule has 6 heteroatoms. The Morgan fingerprint density at radius 3 is 2.65 bits per heavy atom. The number of amides is 1. The van der Waals surface area contributed by atoms with Gasteiger partial charge in [0.15, 0.2) is 17.2 Å². The molecule has 0 aliphatic carbocycles. The molecule has 4 rings (SSSR count). The second kappa shape index (κ2) is 6.55. The van der Waals surface area contributed by atoms with E-state index >= 15 is 0 Å². The summed E-state index contributed by atoms with van der Waals surface area (Å²) in [5.74, 6) is 1.31. The molecule has 1 amide bonds. The summed E-state index contributed by atoms with van der Waals surface area (Å²) < 4.78 is 12.5. The van der Waals surface area contributed by atoms with Gasteiger partial charge >= 0.3 is 0 Å². The zero-order chi connectivity index (χ0) is 18.1. The topological polar surface area (TPSA) is 56.6 Å². The van der Waals surface area contributed by atoms with Crippen LogP contribution in [0.2, 0.25) is 0 Å². The number of aryl methyl sites for hydroxylation is 1. The number of fused-ring (bicyclic) bond motifs is 1. The quantitative estimate of drug-likeness (QED) is 0.724. The summed E-state index contributed by atoms with van der Waals surface area (Å²) in [5.41, 5.74) is 3.03. The molecule has 1 aromatic heterocycles. The van der Waals surface area contributed by atoms with Crippen LogP contribution in [0.5, 0.6) is 11.5 Å². The van der Waals surface area contributed by atoms with Crippen molar-refractivity contribution in [2.75, 3.05) is 18.2 Å². The first-order valence-electron chi connectivity index (χ1n) is 8.48. The number of rotatable bonds is 4. The van der Waals surface area contributed by atoms with Gasteiger partial charge in [0, 0.05) is 24.8 Å². The van der Waals surface area contributed by atoms with E-state index in [0.717, 1.165) is 22.7 Å². The molecule has 3 aromatic rings. The van der Waals surface area contributed by atoms with Gasteiger partial charge in [-0.3, -0.25) is 9.48 Å². The predicted octanol–water partition coefficient (Wildman–Crippen LogP) is 3.48. The molecule has 0 fully saturated rings. The van der Waals surface area contributed by atoms with Gasteiger partial charge in [-0.1, -0.05) is 18.2 Å². The molecule has 1 aliphatic heterocycles. The van der Waals surface area contributed by atoms with Crippen molar-refractivity contribution < 1.29 is 14.3 Å². The molecule has 0 radical (unpaired) electrons. The predicted molar refractivity (Wildman–Crippen MR) is 98.6 cm³/mol. The summed E-state index contributed by atoms with van der Waals surface area (Å²) >= 11 is 0. The lowest BCUT2D eigenvalue weighted by Crippen LogP contribution is -2.30. The maximum Gasteiger partial charge on any atom is 0.278 e. The number of aromatic nitrogens is 2. The first-order chi connectivity index (χ1) is 12.7. The van der Waals surface area contributed by atoms with E-state index in [1.165, 1.54) is 0 Å². The van der Waals surface area contributed by atoms with E-state index in [-0.39, 0.29) is 12.7 Å². The molecular formula is C20H19N3O3. The van der Waals surface area contributed by atoms with Gasteiger partial charge in [-0.25, -0.2) is 0 Å². The van der Waals surface area contributed by atoms with Crippen molar-refractivity contribution in [3.05, 3.63) is 60.3 Å². The summed E-state index contributed by atoms with van der Waals surface area (Å²) in [6.45, 7) is 2.75. The molecule has 0 spiro atoms. The Labute approximate surface area is 151 Å². The fourth-order valence-electron chi connectivity index (χ4n) is 3.09. The van der Waals surface area contributed by atoms with Crippen LogP contribution in [0.1, 0.15) is 17.4 Å². The molecular weight excluding hydrogens is 330 g/mol. The van der Waals surface area contributed by atoms with E-state index in [2.05, 4.69) is 5.10 Å². The highest BCUT2D eigenvalue weighted by molar-refractivity contribution is 6.05. The van der Waals surface area contributed by atoms with Crippen LogP contribution >= 0.6 is 0 Å². The molecule has 0 saturated heterocycles. The van der Waals surface area contributed by atoms with Crippen LogP contribution in [-0.2, 0) is 7.05 Å². The third-order valence-electron chi connectivity index (χ3n) is 4.40. The van der Waals surface area contributed by atoms with E-state index in [0.29, 0.717) is 18.0 Å². The normalized spacial score (nSPS) is 12.2. The van der Waals surface area contributed by atoms with Crippen molar-refractivity contribution in [3.63, 3.8) is 0 Å². The molecule has 26 heavy (non-hydrogen) atoms. The average Bonchev–Trinajstić information content (AvgIpc) is 3.28.